The van der Waals surface area contributed by atoms with Crippen molar-refractivity contribution in [2.45, 2.75) is 6.54 Å². The first kappa shape index (κ1) is 28.4. The third kappa shape index (κ3) is 6.52. The largest absolute Gasteiger partial charge is 0.369 e. The third-order valence-corrected chi connectivity index (χ3v) is 8.02. The van der Waals surface area contributed by atoms with Gasteiger partial charge in [0.1, 0.15) is 11.5 Å². The van der Waals surface area contributed by atoms with E-state index in [9.17, 15) is 17.6 Å². The number of aromatic nitrogens is 4. The van der Waals surface area contributed by atoms with Gasteiger partial charge in [0.25, 0.3) is 0 Å². The Balaban J connectivity index is 1.29. The van der Waals surface area contributed by atoms with Gasteiger partial charge in [-0.1, -0.05) is 18.2 Å². The zero-order valence-corrected chi connectivity index (χ0v) is 24.3. The normalized spacial score (nSPS) is 14.3. The van der Waals surface area contributed by atoms with Gasteiger partial charge in [0, 0.05) is 66.8 Å². The first-order valence-electron chi connectivity index (χ1n) is 13.7. The van der Waals surface area contributed by atoms with E-state index in [0.29, 0.717) is 44.1 Å². The van der Waals surface area contributed by atoms with E-state index in [1.165, 1.54) is 12.1 Å². The zero-order valence-electron chi connectivity index (χ0n) is 23.5. The van der Waals surface area contributed by atoms with E-state index in [2.05, 4.69) is 24.7 Å². The van der Waals surface area contributed by atoms with Gasteiger partial charge in [-0.05, 0) is 41.5 Å². The second kappa shape index (κ2) is 11.5. The summed E-state index contributed by atoms with van der Waals surface area (Å²) in [5.74, 6) is -0.656. The number of piperazine rings is 1. The van der Waals surface area contributed by atoms with Gasteiger partial charge in [0.15, 0.2) is 0 Å². The average molecular weight is 603 g/mol. The molecule has 1 aliphatic rings. The van der Waals surface area contributed by atoms with Crippen molar-refractivity contribution in [3.05, 3.63) is 84.7 Å². The smallest absolute Gasteiger partial charge is 0.231 e. The number of anilines is 2. The minimum Gasteiger partial charge on any atom is -0.369 e. The summed E-state index contributed by atoms with van der Waals surface area (Å²) in [4.78, 5) is 23.2. The molecule has 0 spiro atoms. The lowest BCUT2D eigenvalue weighted by molar-refractivity contribution is -0.119. The van der Waals surface area contributed by atoms with Crippen molar-refractivity contribution in [1.82, 2.24) is 24.6 Å². The van der Waals surface area contributed by atoms with Crippen molar-refractivity contribution in [1.29, 1.82) is 0 Å². The highest BCUT2D eigenvalue weighted by molar-refractivity contribution is 7.92. The maximum absolute atomic E-state index is 13.6. The number of primary amides is 1. The van der Waals surface area contributed by atoms with E-state index >= 15 is 0 Å². The Kier molecular flexibility index (Phi) is 7.59. The number of fused-ring (bicyclic) bond motifs is 1. The second-order valence-corrected chi connectivity index (χ2v) is 12.5. The van der Waals surface area contributed by atoms with Gasteiger partial charge in [-0.15, -0.1) is 0 Å². The molecule has 2 aromatic carbocycles. The van der Waals surface area contributed by atoms with Crippen molar-refractivity contribution in [2.24, 2.45) is 5.73 Å². The van der Waals surface area contributed by atoms with Crippen LogP contribution in [0.5, 0.6) is 0 Å². The first-order chi connectivity index (χ1) is 20.6. The number of hydrogen-bond donors (Lipinski definition) is 3. The number of hydrogen-bond acceptors (Lipinski definition) is 7. The SMILES string of the molecule is CS(=O)(=O)Nc1cc(-c2cnc3[nH]cc(-c4cnn(Cc5cccc(F)c5)c4)c3c2)ccc1N1CCN(CC(N)=O)CC1. The lowest BCUT2D eigenvalue weighted by atomic mass is 10.0. The summed E-state index contributed by atoms with van der Waals surface area (Å²) >= 11 is 0. The Bertz CT molecular complexity index is 1910. The van der Waals surface area contributed by atoms with Gasteiger partial charge < -0.3 is 15.6 Å². The van der Waals surface area contributed by atoms with Gasteiger partial charge in [-0.25, -0.2) is 17.8 Å². The molecule has 6 rings (SSSR count). The standard InChI is InChI=1S/C30H31FN8O3S/c1-43(41,42)36-27-13-21(5-6-28(27)38-9-7-37(8-10-38)19-29(32)40)22-12-25-26(16-34-30(25)33-14-22)23-15-35-39(18-23)17-20-3-2-4-24(31)11-20/h2-6,11-16,18,36H,7-10,17,19H2,1H3,(H2,32,40)(H,33,34). The number of carbonyl (C=O) groups is 1. The topological polar surface area (TPSA) is 142 Å². The Labute approximate surface area is 248 Å². The lowest BCUT2D eigenvalue weighted by Gasteiger charge is -2.36. The molecule has 43 heavy (non-hydrogen) atoms. The van der Waals surface area contributed by atoms with E-state index in [4.69, 9.17) is 5.73 Å². The molecule has 3 aromatic heterocycles. The molecule has 222 valence electrons. The van der Waals surface area contributed by atoms with Crippen LogP contribution < -0.4 is 15.4 Å². The fraction of sp³-hybridized carbons (Fsp3) is 0.233. The van der Waals surface area contributed by atoms with Crippen molar-refractivity contribution < 1.29 is 17.6 Å². The van der Waals surface area contributed by atoms with Crippen LogP contribution in [0.25, 0.3) is 33.3 Å². The van der Waals surface area contributed by atoms with E-state index in [-0.39, 0.29) is 18.3 Å². The highest BCUT2D eigenvalue weighted by atomic mass is 32.2. The highest BCUT2D eigenvalue weighted by Crippen LogP contribution is 2.35. The van der Waals surface area contributed by atoms with Crippen LogP contribution in [0.3, 0.4) is 0 Å². The molecular formula is C30H31FN8O3S. The number of rotatable bonds is 9. The van der Waals surface area contributed by atoms with E-state index in [1.54, 1.807) is 23.1 Å². The van der Waals surface area contributed by atoms with Gasteiger partial charge in [-0.3, -0.25) is 19.1 Å². The number of H-pyrrole nitrogens is 1. The number of sulfonamides is 1. The fourth-order valence-electron chi connectivity index (χ4n) is 5.45. The molecule has 0 atom stereocenters. The highest BCUT2D eigenvalue weighted by Gasteiger charge is 2.22. The third-order valence-electron chi connectivity index (χ3n) is 7.43. The number of aromatic amines is 1. The van der Waals surface area contributed by atoms with Crippen LogP contribution in [0.1, 0.15) is 5.56 Å². The number of nitrogens with one attached hydrogen (secondary N) is 2. The van der Waals surface area contributed by atoms with Crippen molar-refractivity contribution in [3.8, 4) is 22.3 Å². The van der Waals surface area contributed by atoms with Gasteiger partial charge >= 0.3 is 0 Å². The molecule has 0 radical (unpaired) electrons. The van der Waals surface area contributed by atoms with Gasteiger partial charge in [0.05, 0.1) is 36.9 Å². The molecule has 13 heteroatoms. The molecule has 0 bridgehead atoms. The van der Waals surface area contributed by atoms with Crippen LogP contribution in [0.2, 0.25) is 0 Å². The average Bonchev–Trinajstić information content (AvgIpc) is 3.59. The molecule has 5 aromatic rings. The molecule has 4 heterocycles. The molecule has 1 aliphatic heterocycles. The molecule has 1 amide bonds. The van der Waals surface area contributed by atoms with Crippen LogP contribution in [0.4, 0.5) is 15.8 Å². The number of carbonyl (C=O) groups excluding carboxylic acids is 1. The molecule has 0 aliphatic carbocycles. The molecule has 0 unspecified atom stereocenters. The number of amides is 1. The monoisotopic (exact) mass is 602 g/mol. The Morgan fingerprint density at radius 2 is 1.86 bits per heavy atom. The number of benzene rings is 2. The molecular weight excluding hydrogens is 571 g/mol. The Morgan fingerprint density at radius 3 is 2.60 bits per heavy atom. The predicted molar refractivity (Wildman–Crippen MR) is 165 cm³/mol. The molecule has 11 nitrogen and oxygen atoms in total. The van der Waals surface area contributed by atoms with Gasteiger partial charge in [-0.2, -0.15) is 5.10 Å². The van der Waals surface area contributed by atoms with Crippen LogP contribution in [-0.2, 0) is 21.4 Å². The second-order valence-electron chi connectivity index (χ2n) is 10.7. The first-order valence-corrected chi connectivity index (χ1v) is 15.6. The van der Waals surface area contributed by atoms with E-state index < -0.39 is 10.0 Å². The number of pyridine rings is 1. The van der Waals surface area contributed by atoms with Crippen LogP contribution in [0, 0.1) is 5.82 Å². The van der Waals surface area contributed by atoms with E-state index in [1.807, 2.05) is 47.6 Å². The minimum atomic E-state index is -3.55. The zero-order chi connectivity index (χ0) is 30.1. The van der Waals surface area contributed by atoms with Gasteiger partial charge in [0.2, 0.25) is 15.9 Å². The van der Waals surface area contributed by atoms with Crippen LogP contribution in [-0.4, -0.2) is 78.0 Å². The van der Waals surface area contributed by atoms with Crippen molar-refractivity contribution in [3.63, 3.8) is 0 Å². The Hall–Kier alpha value is -4.75. The van der Waals surface area contributed by atoms with Crippen molar-refractivity contribution >= 4 is 38.3 Å². The molecule has 0 saturated carbocycles. The number of nitrogens with two attached hydrogens (primary N) is 1. The van der Waals surface area contributed by atoms with Crippen LogP contribution in [0.15, 0.2) is 73.3 Å². The summed E-state index contributed by atoms with van der Waals surface area (Å²) < 4.78 is 42.7. The number of nitrogens with zero attached hydrogens (tertiary/aromatic N) is 5. The van der Waals surface area contributed by atoms with Crippen molar-refractivity contribution in [2.75, 3.05) is 48.6 Å². The summed E-state index contributed by atoms with van der Waals surface area (Å²) in [6.45, 7) is 3.16. The summed E-state index contributed by atoms with van der Waals surface area (Å²) in [6, 6.07) is 14.1. The molecule has 4 N–H and O–H groups in total. The predicted octanol–water partition coefficient (Wildman–Crippen LogP) is 3.26. The summed E-state index contributed by atoms with van der Waals surface area (Å²) in [5.41, 5.74) is 11.5. The quantitative estimate of drug-likeness (QED) is 0.235. The van der Waals surface area contributed by atoms with Crippen LogP contribution >= 0.6 is 0 Å². The summed E-state index contributed by atoms with van der Waals surface area (Å²) in [6.07, 6.45) is 8.43. The minimum absolute atomic E-state index is 0.200. The Morgan fingerprint density at radius 1 is 1.05 bits per heavy atom. The number of halogens is 1. The fourth-order valence-corrected chi connectivity index (χ4v) is 6.01. The maximum Gasteiger partial charge on any atom is 0.231 e. The molecule has 1 saturated heterocycles. The van der Waals surface area contributed by atoms with E-state index in [0.717, 1.165) is 45.1 Å². The molecule has 1 fully saturated rings. The lowest BCUT2D eigenvalue weighted by Crippen LogP contribution is -2.49. The maximum atomic E-state index is 13.6. The summed E-state index contributed by atoms with van der Waals surface area (Å²) in [7, 11) is -3.55. The summed E-state index contributed by atoms with van der Waals surface area (Å²) in [5, 5.41) is 5.35.